The maximum absolute atomic E-state index is 11.9. The molecule has 0 aromatic carbocycles. The van der Waals surface area contributed by atoms with Gasteiger partial charge in [-0.2, -0.15) is 4.98 Å². The third-order valence-corrected chi connectivity index (χ3v) is 5.77. The molecule has 2 saturated heterocycles. The van der Waals surface area contributed by atoms with Crippen LogP contribution in [0.5, 0.6) is 0 Å². The Labute approximate surface area is 164 Å². The third-order valence-electron chi connectivity index (χ3n) is 5.77. The van der Waals surface area contributed by atoms with E-state index in [0.29, 0.717) is 36.8 Å². The molecule has 9 nitrogen and oxygen atoms in total. The fraction of sp³-hybridized carbons (Fsp3) is 0.579. The van der Waals surface area contributed by atoms with Crippen molar-refractivity contribution in [3.8, 4) is 5.95 Å². The molecule has 1 amide bonds. The standard InChI is InChI=1S/C19H26N6O3/c20-17(26)10-15-4-2-1-3-9-25(15,11-16-12-27-14-28-16)18-5-6-22-19(23-18)24-8-7-21-13-24/h5-8,13,15-16H,1-4,9-12,14H2,(H-,20,26)/p+1. The van der Waals surface area contributed by atoms with Gasteiger partial charge in [-0.05, 0) is 19.3 Å². The van der Waals surface area contributed by atoms with Crippen LogP contribution in [0.15, 0.2) is 31.0 Å². The van der Waals surface area contributed by atoms with E-state index in [2.05, 4.69) is 9.97 Å². The minimum absolute atomic E-state index is 0.0277. The van der Waals surface area contributed by atoms with Gasteiger partial charge >= 0.3 is 0 Å². The Morgan fingerprint density at radius 3 is 3.00 bits per heavy atom. The number of amides is 1. The van der Waals surface area contributed by atoms with Crippen molar-refractivity contribution in [1.29, 1.82) is 0 Å². The normalized spacial score (nSPS) is 28.1. The van der Waals surface area contributed by atoms with Crippen molar-refractivity contribution in [3.05, 3.63) is 31.0 Å². The van der Waals surface area contributed by atoms with Crippen LogP contribution in [0.3, 0.4) is 0 Å². The smallest absolute Gasteiger partial charge is 0.239 e. The summed E-state index contributed by atoms with van der Waals surface area (Å²) in [5.41, 5.74) is 5.64. The first-order valence-corrected chi connectivity index (χ1v) is 9.84. The van der Waals surface area contributed by atoms with Gasteiger partial charge in [-0.1, -0.05) is 0 Å². The quantitative estimate of drug-likeness (QED) is 0.746. The zero-order valence-corrected chi connectivity index (χ0v) is 15.9. The van der Waals surface area contributed by atoms with Crippen molar-refractivity contribution in [2.24, 2.45) is 5.73 Å². The van der Waals surface area contributed by atoms with Gasteiger partial charge < -0.3 is 15.2 Å². The third kappa shape index (κ3) is 3.91. The highest BCUT2D eigenvalue weighted by molar-refractivity contribution is 5.74. The molecule has 2 N–H and O–H groups in total. The van der Waals surface area contributed by atoms with Crippen LogP contribution in [0.1, 0.15) is 32.1 Å². The summed E-state index contributed by atoms with van der Waals surface area (Å²) in [6.45, 7) is 2.47. The number of nitrogens with two attached hydrogens (primary N) is 1. The average Bonchev–Trinajstić information content (AvgIpc) is 3.36. The Morgan fingerprint density at radius 1 is 1.32 bits per heavy atom. The Bertz CT molecular complexity index is 793. The molecule has 2 aromatic rings. The number of carbonyl (C=O) groups excluding carboxylic acids is 1. The van der Waals surface area contributed by atoms with Gasteiger partial charge in [0.2, 0.25) is 17.7 Å². The van der Waals surface area contributed by atoms with Crippen LogP contribution in [-0.4, -0.2) is 64.1 Å². The second kappa shape index (κ2) is 8.34. The minimum Gasteiger partial charge on any atom is -0.369 e. The summed E-state index contributed by atoms with van der Waals surface area (Å²) >= 11 is 0. The van der Waals surface area contributed by atoms with Gasteiger partial charge in [-0.15, -0.1) is 0 Å². The van der Waals surface area contributed by atoms with E-state index in [4.69, 9.17) is 20.2 Å². The van der Waals surface area contributed by atoms with Gasteiger partial charge in [0.1, 0.15) is 31.8 Å². The van der Waals surface area contributed by atoms with E-state index in [0.717, 1.165) is 38.0 Å². The highest BCUT2D eigenvalue weighted by atomic mass is 16.7. The van der Waals surface area contributed by atoms with Gasteiger partial charge in [-0.25, -0.2) is 9.97 Å². The highest BCUT2D eigenvalue weighted by Crippen LogP contribution is 2.34. The number of primary amides is 1. The van der Waals surface area contributed by atoms with Crippen molar-refractivity contribution in [2.45, 2.75) is 44.2 Å². The number of aromatic nitrogens is 4. The maximum atomic E-state index is 11.9. The van der Waals surface area contributed by atoms with E-state index < -0.39 is 0 Å². The van der Waals surface area contributed by atoms with Crippen LogP contribution in [0.25, 0.3) is 5.95 Å². The number of rotatable bonds is 6. The van der Waals surface area contributed by atoms with Crippen molar-refractivity contribution >= 4 is 11.7 Å². The van der Waals surface area contributed by atoms with Crippen molar-refractivity contribution < 1.29 is 14.3 Å². The molecule has 0 spiro atoms. The topological polar surface area (TPSA) is 105 Å². The number of likely N-dealkylation sites (tertiary alicyclic amines) is 1. The summed E-state index contributed by atoms with van der Waals surface area (Å²) in [5, 5.41) is 0. The molecule has 4 rings (SSSR count). The molecule has 0 aliphatic carbocycles. The first-order valence-electron chi connectivity index (χ1n) is 9.84. The summed E-state index contributed by atoms with van der Waals surface area (Å²) in [4.78, 5) is 25.3. The summed E-state index contributed by atoms with van der Waals surface area (Å²) in [5.74, 6) is 1.18. The van der Waals surface area contributed by atoms with Gasteiger partial charge in [0.05, 0.1) is 19.6 Å². The minimum atomic E-state index is -0.276. The fourth-order valence-corrected chi connectivity index (χ4v) is 4.45. The van der Waals surface area contributed by atoms with Gasteiger partial charge in [0.15, 0.2) is 0 Å². The Kier molecular flexibility index (Phi) is 5.65. The molecule has 28 heavy (non-hydrogen) atoms. The molecular weight excluding hydrogens is 360 g/mol. The second-order valence-corrected chi connectivity index (χ2v) is 7.58. The molecular formula is C19H27N6O3+. The summed E-state index contributed by atoms with van der Waals surface area (Å²) in [7, 11) is 0. The Hall–Kier alpha value is -2.36. The fourth-order valence-electron chi connectivity index (χ4n) is 4.45. The van der Waals surface area contributed by atoms with Crippen LogP contribution in [-0.2, 0) is 14.3 Å². The number of hydrogen-bond acceptors (Lipinski definition) is 6. The molecule has 4 heterocycles. The van der Waals surface area contributed by atoms with Gasteiger partial charge in [0.25, 0.3) is 0 Å². The predicted octanol–water partition coefficient (Wildman–Crippen LogP) is 1.16. The van der Waals surface area contributed by atoms with Crippen molar-refractivity contribution in [3.63, 3.8) is 0 Å². The van der Waals surface area contributed by atoms with Gasteiger partial charge in [0, 0.05) is 31.1 Å². The van der Waals surface area contributed by atoms with E-state index in [-0.39, 0.29) is 18.1 Å². The van der Waals surface area contributed by atoms with E-state index >= 15 is 0 Å². The van der Waals surface area contributed by atoms with Crippen LogP contribution in [0.4, 0.5) is 5.82 Å². The maximum Gasteiger partial charge on any atom is 0.239 e. The lowest BCUT2D eigenvalue weighted by Crippen LogP contribution is -2.61. The van der Waals surface area contributed by atoms with Crippen molar-refractivity contribution in [2.75, 3.05) is 26.5 Å². The SMILES string of the molecule is NC(=O)CC1CCCCC[N+]1(CC1COCO1)c1ccnc(-n2ccnc2)n1. The monoisotopic (exact) mass is 387 g/mol. The number of nitrogens with zero attached hydrogens (tertiary/aromatic N) is 5. The lowest BCUT2D eigenvalue weighted by atomic mass is 10.0. The highest BCUT2D eigenvalue weighted by Gasteiger charge is 2.45. The van der Waals surface area contributed by atoms with Crippen LogP contribution < -0.4 is 10.2 Å². The summed E-state index contributed by atoms with van der Waals surface area (Å²) < 4.78 is 13.6. The predicted molar refractivity (Wildman–Crippen MR) is 102 cm³/mol. The molecule has 2 aromatic heterocycles. The number of quaternary nitrogens is 1. The van der Waals surface area contributed by atoms with E-state index in [1.54, 1.807) is 23.3 Å². The molecule has 2 aliphatic rings. The molecule has 0 saturated carbocycles. The molecule has 3 atom stereocenters. The Morgan fingerprint density at radius 2 is 2.25 bits per heavy atom. The Balaban J connectivity index is 1.77. The lowest BCUT2D eigenvalue weighted by Gasteiger charge is -2.43. The van der Waals surface area contributed by atoms with E-state index in [1.165, 1.54) is 0 Å². The largest absolute Gasteiger partial charge is 0.369 e. The second-order valence-electron chi connectivity index (χ2n) is 7.58. The molecule has 2 aliphatic heterocycles. The molecule has 0 radical (unpaired) electrons. The zero-order valence-electron chi connectivity index (χ0n) is 15.9. The van der Waals surface area contributed by atoms with Gasteiger partial charge in [-0.3, -0.25) is 13.8 Å². The average molecular weight is 387 g/mol. The van der Waals surface area contributed by atoms with Crippen LogP contribution in [0.2, 0.25) is 0 Å². The first kappa shape index (κ1) is 19.0. The van der Waals surface area contributed by atoms with E-state index in [9.17, 15) is 4.79 Å². The molecule has 2 fully saturated rings. The number of hydrogen-bond donors (Lipinski definition) is 1. The summed E-state index contributed by atoms with van der Waals surface area (Å²) in [6.07, 6.45) is 11.5. The number of ether oxygens (including phenoxy) is 2. The number of imidazole rings is 1. The molecule has 150 valence electrons. The lowest BCUT2D eigenvalue weighted by molar-refractivity contribution is -0.119. The number of carbonyl (C=O) groups is 1. The van der Waals surface area contributed by atoms with Crippen LogP contribution in [0, 0.1) is 0 Å². The zero-order chi connectivity index (χ0) is 19.4. The van der Waals surface area contributed by atoms with Crippen molar-refractivity contribution in [1.82, 2.24) is 24.0 Å². The molecule has 3 unspecified atom stereocenters. The van der Waals surface area contributed by atoms with Crippen LogP contribution >= 0.6 is 0 Å². The molecule has 9 heteroatoms. The summed E-state index contributed by atoms with van der Waals surface area (Å²) in [6, 6.07) is 2.02. The molecule has 0 bridgehead atoms. The van der Waals surface area contributed by atoms with E-state index in [1.807, 2.05) is 12.3 Å². The first-order chi connectivity index (χ1) is 13.7.